The third kappa shape index (κ3) is 6.17. The lowest BCUT2D eigenvalue weighted by Gasteiger charge is -2.19. The van der Waals surface area contributed by atoms with E-state index in [0.29, 0.717) is 34.7 Å². The molecule has 0 spiro atoms. The van der Waals surface area contributed by atoms with Crippen molar-refractivity contribution in [1.82, 2.24) is 10.6 Å². The van der Waals surface area contributed by atoms with Gasteiger partial charge >= 0.3 is 0 Å². The molecule has 0 saturated heterocycles. The van der Waals surface area contributed by atoms with Gasteiger partial charge in [-0.05, 0) is 41.8 Å². The number of hydrogen-bond donors (Lipinski definition) is 4. The molecule has 0 aliphatic heterocycles. The van der Waals surface area contributed by atoms with E-state index in [0.717, 1.165) is 5.56 Å². The molecule has 2 amide bonds. The van der Waals surface area contributed by atoms with Gasteiger partial charge in [-0.1, -0.05) is 66.2 Å². The van der Waals surface area contributed by atoms with Crippen LogP contribution in [-0.4, -0.2) is 24.2 Å². The molecule has 5 N–H and O–H groups in total. The first-order chi connectivity index (χ1) is 14.9. The van der Waals surface area contributed by atoms with Crippen LogP contribution in [0.15, 0.2) is 78.9 Å². The summed E-state index contributed by atoms with van der Waals surface area (Å²) < 4.78 is 0. The van der Waals surface area contributed by atoms with Crippen molar-refractivity contribution in [2.75, 3.05) is 6.54 Å². The van der Waals surface area contributed by atoms with Crippen LogP contribution < -0.4 is 16.4 Å². The van der Waals surface area contributed by atoms with Crippen molar-refractivity contribution in [3.05, 3.63) is 106 Å². The molecular weight excluding hydrogens is 412 g/mol. The molecule has 0 aliphatic carbocycles. The molecule has 158 valence electrons. The molecule has 6 nitrogen and oxygen atoms in total. The predicted octanol–water partition coefficient (Wildman–Crippen LogP) is 3.45. The van der Waals surface area contributed by atoms with Crippen LogP contribution in [0.3, 0.4) is 0 Å². The summed E-state index contributed by atoms with van der Waals surface area (Å²) in [6, 6.07) is 22.1. The quantitative estimate of drug-likeness (QED) is 0.322. The average Bonchev–Trinajstić information content (AvgIpc) is 2.79. The van der Waals surface area contributed by atoms with E-state index in [2.05, 4.69) is 10.6 Å². The highest BCUT2D eigenvalue weighted by atomic mass is 35.5. The third-order valence-electron chi connectivity index (χ3n) is 4.73. The minimum atomic E-state index is -0.861. The number of halogens is 1. The molecule has 31 heavy (non-hydrogen) atoms. The van der Waals surface area contributed by atoms with E-state index < -0.39 is 11.9 Å². The van der Waals surface area contributed by atoms with Gasteiger partial charge in [-0.25, -0.2) is 0 Å². The number of amidine groups is 1. The largest absolute Gasteiger partial charge is 0.384 e. The second-order valence-electron chi connectivity index (χ2n) is 6.98. The predicted molar refractivity (Wildman–Crippen MR) is 122 cm³/mol. The van der Waals surface area contributed by atoms with Crippen LogP contribution in [0, 0.1) is 5.41 Å². The van der Waals surface area contributed by atoms with Gasteiger partial charge in [-0.15, -0.1) is 0 Å². The minimum Gasteiger partial charge on any atom is -0.384 e. The maximum absolute atomic E-state index is 12.9. The molecule has 1 atom stereocenters. The number of carbonyl (C=O) groups excluding carboxylic acids is 2. The molecule has 0 heterocycles. The summed E-state index contributed by atoms with van der Waals surface area (Å²) in [6.45, 7) is 0.416. The monoisotopic (exact) mass is 434 g/mol. The molecule has 0 bridgehead atoms. The Morgan fingerprint density at radius 2 is 1.61 bits per heavy atom. The number of nitrogens with one attached hydrogen (secondary N) is 3. The third-order valence-corrected chi connectivity index (χ3v) is 4.98. The molecule has 0 aliphatic rings. The molecule has 3 aromatic carbocycles. The van der Waals surface area contributed by atoms with Crippen molar-refractivity contribution < 1.29 is 9.59 Å². The van der Waals surface area contributed by atoms with Crippen molar-refractivity contribution in [1.29, 1.82) is 5.41 Å². The van der Waals surface area contributed by atoms with Gasteiger partial charge in [-0.3, -0.25) is 15.0 Å². The summed E-state index contributed by atoms with van der Waals surface area (Å²) >= 11 is 5.90. The SMILES string of the molecule is N=C(N)c1cccc(C(=O)N[C@@H](C(=O)NCCc2ccc(Cl)cc2)c2ccccc2)c1. The first-order valence-electron chi connectivity index (χ1n) is 9.76. The second-order valence-corrected chi connectivity index (χ2v) is 7.42. The highest BCUT2D eigenvalue weighted by Gasteiger charge is 2.23. The van der Waals surface area contributed by atoms with Gasteiger partial charge in [0.05, 0.1) is 0 Å². The Labute approximate surface area is 185 Å². The van der Waals surface area contributed by atoms with Gasteiger partial charge in [0.25, 0.3) is 5.91 Å². The zero-order valence-corrected chi connectivity index (χ0v) is 17.5. The Bertz CT molecular complexity index is 1070. The summed E-state index contributed by atoms with van der Waals surface area (Å²) in [6.07, 6.45) is 0.638. The van der Waals surface area contributed by atoms with E-state index in [1.54, 1.807) is 42.5 Å². The van der Waals surface area contributed by atoms with Crippen LogP contribution in [0.2, 0.25) is 5.02 Å². The number of carbonyl (C=O) groups is 2. The fourth-order valence-corrected chi connectivity index (χ4v) is 3.20. The molecule has 7 heteroatoms. The molecular formula is C24H23ClN4O2. The number of nitrogens with two attached hydrogens (primary N) is 1. The summed E-state index contributed by atoms with van der Waals surface area (Å²) in [7, 11) is 0. The van der Waals surface area contributed by atoms with E-state index >= 15 is 0 Å². The number of amides is 2. The topological polar surface area (TPSA) is 108 Å². The Morgan fingerprint density at radius 3 is 2.29 bits per heavy atom. The second kappa shape index (κ2) is 10.4. The molecule has 3 rings (SSSR count). The van der Waals surface area contributed by atoms with Crippen molar-refractivity contribution in [3.8, 4) is 0 Å². The van der Waals surface area contributed by atoms with Crippen molar-refractivity contribution in [2.24, 2.45) is 5.73 Å². The lowest BCUT2D eigenvalue weighted by molar-refractivity contribution is -0.123. The van der Waals surface area contributed by atoms with E-state index in [9.17, 15) is 9.59 Å². The summed E-state index contributed by atoms with van der Waals surface area (Å²) in [4.78, 5) is 25.7. The summed E-state index contributed by atoms with van der Waals surface area (Å²) in [5.74, 6) is -0.866. The maximum Gasteiger partial charge on any atom is 0.252 e. The lowest BCUT2D eigenvalue weighted by Crippen LogP contribution is -2.41. The molecule has 3 aromatic rings. The molecule has 0 saturated carbocycles. The van der Waals surface area contributed by atoms with E-state index in [1.165, 1.54) is 6.07 Å². The summed E-state index contributed by atoms with van der Waals surface area (Å²) in [5.41, 5.74) is 7.99. The van der Waals surface area contributed by atoms with Gasteiger partial charge in [0.1, 0.15) is 11.9 Å². The normalized spacial score (nSPS) is 11.4. The zero-order chi connectivity index (χ0) is 22.2. The number of rotatable bonds is 8. The Hall–Kier alpha value is -3.64. The standard InChI is InChI=1S/C24H23ClN4O2/c25-20-11-9-16(10-12-20)13-14-28-24(31)21(17-5-2-1-3-6-17)29-23(30)19-8-4-7-18(15-19)22(26)27/h1-12,15,21H,13-14H2,(H3,26,27)(H,28,31)(H,29,30)/t21-/m1/s1. The van der Waals surface area contributed by atoms with Crippen molar-refractivity contribution in [3.63, 3.8) is 0 Å². The van der Waals surface area contributed by atoms with Crippen molar-refractivity contribution >= 4 is 29.3 Å². The van der Waals surface area contributed by atoms with Gasteiger partial charge in [0.15, 0.2) is 0 Å². The lowest BCUT2D eigenvalue weighted by atomic mass is 10.0. The van der Waals surface area contributed by atoms with E-state index in [-0.39, 0.29) is 11.7 Å². The highest BCUT2D eigenvalue weighted by Crippen LogP contribution is 2.15. The van der Waals surface area contributed by atoms with E-state index in [1.807, 2.05) is 30.3 Å². The fraction of sp³-hybridized carbons (Fsp3) is 0.125. The first kappa shape index (κ1) is 22.1. The van der Waals surface area contributed by atoms with Crippen molar-refractivity contribution in [2.45, 2.75) is 12.5 Å². The van der Waals surface area contributed by atoms with Crippen LogP contribution in [-0.2, 0) is 11.2 Å². The van der Waals surface area contributed by atoms with Crippen LogP contribution in [0.5, 0.6) is 0 Å². The molecule has 0 radical (unpaired) electrons. The molecule has 0 unspecified atom stereocenters. The highest BCUT2D eigenvalue weighted by molar-refractivity contribution is 6.30. The fourth-order valence-electron chi connectivity index (χ4n) is 3.07. The van der Waals surface area contributed by atoms with Gasteiger partial charge < -0.3 is 16.4 Å². The zero-order valence-electron chi connectivity index (χ0n) is 16.8. The van der Waals surface area contributed by atoms with Crippen LogP contribution in [0.1, 0.15) is 33.1 Å². The number of nitrogen functional groups attached to an aromatic ring is 1. The smallest absolute Gasteiger partial charge is 0.252 e. The number of benzene rings is 3. The number of hydrogen-bond acceptors (Lipinski definition) is 3. The van der Waals surface area contributed by atoms with Crippen LogP contribution in [0.4, 0.5) is 0 Å². The van der Waals surface area contributed by atoms with E-state index in [4.69, 9.17) is 22.7 Å². The van der Waals surface area contributed by atoms with Gasteiger partial charge in [0, 0.05) is 22.7 Å². The first-order valence-corrected chi connectivity index (χ1v) is 10.1. The maximum atomic E-state index is 12.9. The molecule has 0 aromatic heterocycles. The average molecular weight is 435 g/mol. The Kier molecular flexibility index (Phi) is 7.40. The minimum absolute atomic E-state index is 0.130. The summed E-state index contributed by atoms with van der Waals surface area (Å²) in [5, 5.41) is 13.9. The van der Waals surface area contributed by atoms with Gasteiger partial charge in [0.2, 0.25) is 5.91 Å². The van der Waals surface area contributed by atoms with Crippen LogP contribution >= 0.6 is 11.6 Å². The Morgan fingerprint density at radius 1 is 0.935 bits per heavy atom. The Balaban J connectivity index is 1.71. The van der Waals surface area contributed by atoms with Gasteiger partial charge in [-0.2, -0.15) is 0 Å². The molecule has 0 fully saturated rings. The van der Waals surface area contributed by atoms with Crippen LogP contribution in [0.25, 0.3) is 0 Å².